The van der Waals surface area contributed by atoms with Crippen molar-refractivity contribution >= 4 is 0 Å². The number of hydrogen-bond acceptors (Lipinski definition) is 4. The molecule has 1 atom stereocenters. The molecule has 0 radical (unpaired) electrons. The van der Waals surface area contributed by atoms with Crippen LogP contribution in [0.4, 0.5) is 8.78 Å². The number of ether oxygens (including phenoxy) is 1. The van der Waals surface area contributed by atoms with Crippen LogP contribution in [-0.4, -0.2) is 73.3 Å². The number of halogens is 2. The Balaban J connectivity index is 1.68. The number of β-amino-alcohol motifs (C(OH)–C–C–N with tert-alkyl or cyclic N) is 1. The van der Waals surface area contributed by atoms with Gasteiger partial charge < -0.3 is 9.84 Å². The third kappa shape index (κ3) is 5.51. The van der Waals surface area contributed by atoms with Crippen molar-refractivity contribution in [3.63, 3.8) is 0 Å². The van der Waals surface area contributed by atoms with Gasteiger partial charge in [-0.3, -0.25) is 9.80 Å². The molecule has 1 heterocycles. The number of piperazine rings is 1. The van der Waals surface area contributed by atoms with Gasteiger partial charge in [-0.05, 0) is 18.6 Å². The summed E-state index contributed by atoms with van der Waals surface area (Å²) in [4.78, 5) is 3.85. The zero-order valence-electron chi connectivity index (χ0n) is 12.9. The number of aliphatic hydroxyl groups is 1. The van der Waals surface area contributed by atoms with E-state index in [4.69, 9.17) is 4.74 Å². The lowest BCUT2D eigenvalue weighted by Crippen LogP contribution is -2.50. The molecule has 1 saturated heterocycles. The molecule has 124 valence electrons. The van der Waals surface area contributed by atoms with Gasteiger partial charge in [-0.25, -0.2) is 8.78 Å². The van der Waals surface area contributed by atoms with Gasteiger partial charge in [0.1, 0.15) is 18.5 Å². The monoisotopic (exact) mass is 314 g/mol. The van der Waals surface area contributed by atoms with Crippen LogP contribution in [0.1, 0.15) is 5.56 Å². The maximum atomic E-state index is 12.3. The van der Waals surface area contributed by atoms with E-state index in [1.807, 2.05) is 31.2 Å². The second kappa shape index (κ2) is 8.41. The molecule has 1 fully saturated rings. The van der Waals surface area contributed by atoms with Gasteiger partial charge >= 0.3 is 0 Å². The molecule has 22 heavy (non-hydrogen) atoms. The SMILES string of the molecule is Cc1ccccc1OCC(O)CN1CCN(CC(F)F)CC1. The molecule has 0 aliphatic carbocycles. The fourth-order valence-corrected chi connectivity index (χ4v) is 2.60. The number of hydrogen-bond donors (Lipinski definition) is 1. The van der Waals surface area contributed by atoms with Crippen molar-refractivity contribution in [3.8, 4) is 5.75 Å². The predicted octanol–water partition coefficient (Wildman–Crippen LogP) is 1.62. The van der Waals surface area contributed by atoms with E-state index in [0.717, 1.165) is 11.3 Å². The van der Waals surface area contributed by atoms with Crippen molar-refractivity contribution in [2.24, 2.45) is 0 Å². The zero-order chi connectivity index (χ0) is 15.9. The van der Waals surface area contributed by atoms with E-state index < -0.39 is 12.5 Å². The number of benzene rings is 1. The van der Waals surface area contributed by atoms with Crippen LogP contribution in [0.15, 0.2) is 24.3 Å². The predicted molar refractivity (Wildman–Crippen MR) is 81.6 cm³/mol. The van der Waals surface area contributed by atoms with Crippen molar-refractivity contribution in [3.05, 3.63) is 29.8 Å². The molecular weight excluding hydrogens is 290 g/mol. The van der Waals surface area contributed by atoms with Crippen molar-refractivity contribution < 1.29 is 18.6 Å². The lowest BCUT2D eigenvalue weighted by Gasteiger charge is -2.35. The highest BCUT2D eigenvalue weighted by molar-refractivity contribution is 5.31. The van der Waals surface area contributed by atoms with Gasteiger partial charge in [-0.15, -0.1) is 0 Å². The first-order chi connectivity index (χ1) is 10.5. The molecule has 6 heteroatoms. The number of nitrogens with zero attached hydrogens (tertiary/aromatic N) is 2. The van der Waals surface area contributed by atoms with Crippen LogP contribution >= 0.6 is 0 Å². The van der Waals surface area contributed by atoms with Crippen LogP contribution in [0.25, 0.3) is 0 Å². The van der Waals surface area contributed by atoms with Crippen LogP contribution in [0.5, 0.6) is 5.75 Å². The maximum absolute atomic E-state index is 12.3. The Morgan fingerprint density at radius 3 is 2.27 bits per heavy atom. The third-order valence-corrected chi connectivity index (χ3v) is 3.85. The average Bonchev–Trinajstić information content (AvgIpc) is 2.48. The first kappa shape index (κ1) is 17.1. The van der Waals surface area contributed by atoms with Crippen LogP contribution in [0.2, 0.25) is 0 Å². The number of rotatable bonds is 7. The van der Waals surface area contributed by atoms with Gasteiger partial charge in [-0.2, -0.15) is 0 Å². The fraction of sp³-hybridized carbons (Fsp3) is 0.625. The summed E-state index contributed by atoms with van der Waals surface area (Å²) < 4.78 is 30.2. The highest BCUT2D eigenvalue weighted by Gasteiger charge is 2.21. The normalized spacial score (nSPS) is 18.6. The van der Waals surface area contributed by atoms with Crippen molar-refractivity contribution in [2.75, 3.05) is 45.9 Å². The highest BCUT2D eigenvalue weighted by atomic mass is 19.3. The third-order valence-electron chi connectivity index (χ3n) is 3.85. The molecule has 1 aliphatic rings. The average molecular weight is 314 g/mol. The smallest absolute Gasteiger partial charge is 0.251 e. The molecule has 0 spiro atoms. The second-order valence-electron chi connectivity index (χ2n) is 5.72. The molecule has 0 saturated carbocycles. The summed E-state index contributed by atoms with van der Waals surface area (Å²) in [6.07, 6.45) is -2.86. The second-order valence-corrected chi connectivity index (χ2v) is 5.72. The summed E-state index contributed by atoms with van der Waals surface area (Å²) >= 11 is 0. The van der Waals surface area contributed by atoms with Crippen molar-refractivity contribution in [1.29, 1.82) is 0 Å². The highest BCUT2D eigenvalue weighted by Crippen LogP contribution is 2.16. The molecule has 1 N–H and O–H groups in total. The van der Waals surface area contributed by atoms with E-state index in [-0.39, 0.29) is 13.2 Å². The lowest BCUT2D eigenvalue weighted by molar-refractivity contribution is 0.0269. The summed E-state index contributed by atoms with van der Waals surface area (Å²) in [5.74, 6) is 0.781. The number of para-hydroxylation sites is 1. The Labute approximate surface area is 130 Å². The summed E-state index contributed by atoms with van der Waals surface area (Å²) in [5, 5.41) is 10.1. The Morgan fingerprint density at radius 2 is 1.68 bits per heavy atom. The Hall–Kier alpha value is -1.24. The fourth-order valence-electron chi connectivity index (χ4n) is 2.60. The lowest BCUT2D eigenvalue weighted by atomic mass is 10.2. The van der Waals surface area contributed by atoms with Gasteiger partial charge in [-0.1, -0.05) is 18.2 Å². The molecule has 0 bridgehead atoms. The summed E-state index contributed by atoms with van der Waals surface area (Å²) in [6.45, 7) is 5.20. The summed E-state index contributed by atoms with van der Waals surface area (Å²) in [7, 11) is 0. The molecule has 0 aromatic heterocycles. The first-order valence-electron chi connectivity index (χ1n) is 7.64. The van der Waals surface area contributed by atoms with Gasteiger partial charge in [0.25, 0.3) is 6.43 Å². The molecular formula is C16H24F2N2O2. The van der Waals surface area contributed by atoms with E-state index >= 15 is 0 Å². The van der Waals surface area contributed by atoms with Crippen LogP contribution in [0.3, 0.4) is 0 Å². The van der Waals surface area contributed by atoms with Crippen LogP contribution in [0, 0.1) is 6.92 Å². The van der Waals surface area contributed by atoms with E-state index in [1.54, 1.807) is 4.90 Å². The number of aryl methyl sites for hydroxylation is 1. The molecule has 1 aromatic carbocycles. The minimum atomic E-state index is -2.28. The Morgan fingerprint density at radius 1 is 1.09 bits per heavy atom. The molecule has 1 aliphatic heterocycles. The molecule has 1 unspecified atom stereocenters. The molecule has 0 amide bonds. The molecule has 2 rings (SSSR count). The first-order valence-corrected chi connectivity index (χ1v) is 7.64. The quantitative estimate of drug-likeness (QED) is 0.830. The van der Waals surface area contributed by atoms with Crippen LogP contribution in [-0.2, 0) is 0 Å². The Kier molecular flexibility index (Phi) is 6.54. The van der Waals surface area contributed by atoms with Gasteiger partial charge in [0.2, 0.25) is 0 Å². The van der Waals surface area contributed by atoms with Gasteiger partial charge in [0.05, 0.1) is 6.54 Å². The summed E-state index contributed by atoms with van der Waals surface area (Å²) in [6, 6.07) is 7.68. The van der Waals surface area contributed by atoms with Gasteiger partial charge in [0.15, 0.2) is 0 Å². The van der Waals surface area contributed by atoms with Gasteiger partial charge in [0, 0.05) is 32.7 Å². The summed E-state index contributed by atoms with van der Waals surface area (Å²) in [5.41, 5.74) is 1.04. The van der Waals surface area contributed by atoms with E-state index in [2.05, 4.69) is 4.90 Å². The zero-order valence-corrected chi connectivity index (χ0v) is 12.9. The van der Waals surface area contributed by atoms with Crippen LogP contribution < -0.4 is 4.74 Å². The number of alkyl halides is 2. The topological polar surface area (TPSA) is 35.9 Å². The molecule has 4 nitrogen and oxygen atoms in total. The Bertz CT molecular complexity index is 452. The van der Waals surface area contributed by atoms with Crippen molar-refractivity contribution in [1.82, 2.24) is 9.80 Å². The van der Waals surface area contributed by atoms with E-state index in [1.165, 1.54) is 0 Å². The maximum Gasteiger partial charge on any atom is 0.251 e. The minimum absolute atomic E-state index is 0.160. The molecule has 1 aromatic rings. The standard InChI is InChI=1S/C16H24F2N2O2/c1-13-4-2-3-5-15(13)22-12-14(21)10-19-6-8-20(9-7-19)11-16(17)18/h2-5,14,16,21H,6-12H2,1H3. The number of aliphatic hydroxyl groups excluding tert-OH is 1. The minimum Gasteiger partial charge on any atom is -0.491 e. The van der Waals surface area contributed by atoms with E-state index in [9.17, 15) is 13.9 Å². The van der Waals surface area contributed by atoms with Crippen molar-refractivity contribution in [2.45, 2.75) is 19.5 Å². The largest absolute Gasteiger partial charge is 0.491 e. The van der Waals surface area contributed by atoms with E-state index in [0.29, 0.717) is 32.7 Å².